The van der Waals surface area contributed by atoms with Crippen LogP contribution in [0.1, 0.15) is 76.3 Å². The van der Waals surface area contributed by atoms with E-state index >= 15 is 0 Å². The van der Waals surface area contributed by atoms with Gasteiger partial charge in [0.25, 0.3) is 0 Å². The summed E-state index contributed by atoms with van der Waals surface area (Å²) in [4.78, 5) is 43.9. The van der Waals surface area contributed by atoms with E-state index in [1.807, 2.05) is 105 Å². The fraction of sp³-hybridized carbons (Fsp3) is 0.417. The van der Waals surface area contributed by atoms with Crippen LogP contribution in [0.15, 0.2) is 91.0 Å². The maximum Gasteiger partial charge on any atom is 0.412 e. The van der Waals surface area contributed by atoms with Gasteiger partial charge in [-0.25, -0.2) is 14.4 Å². The molecule has 3 aromatic rings. The van der Waals surface area contributed by atoms with E-state index in [2.05, 4.69) is 0 Å². The summed E-state index contributed by atoms with van der Waals surface area (Å²) in [6.45, 7) is 9.46. The topological polar surface area (TPSA) is 94.6 Å². The molecule has 5 rings (SSSR count). The number of hydrogen-bond donors (Lipinski definition) is 0. The Kier molecular flexibility index (Phi) is 9.48. The quantitative estimate of drug-likeness (QED) is 0.205. The molecule has 2 heterocycles. The molecule has 4 atom stereocenters. The number of esters is 1. The largest absolute Gasteiger partial charge is 0.453 e. The van der Waals surface area contributed by atoms with Crippen molar-refractivity contribution in [3.8, 4) is 0 Å². The molecule has 0 unspecified atom stereocenters. The van der Waals surface area contributed by atoms with E-state index in [0.717, 1.165) is 16.7 Å². The third kappa shape index (κ3) is 7.65. The maximum absolute atomic E-state index is 14.0. The number of morpholine rings is 1. The summed E-state index contributed by atoms with van der Waals surface area (Å²) < 4.78 is 23.9. The number of carbonyl (C=O) groups excluding carboxylic acids is 3. The van der Waals surface area contributed by atoms with Gasteiger partial charge in [-0.2, -0.15) is 0 Å². The van der Waals surface area contributed by atoms with Crippen LogP contribution in [0.2, 0.25) is 0 Å². The summed E-state index contributed by atoms with van der Waals surface area (Å²) >= 11 is 0. The van der Waals surface area contributed by atoms with Crippen molar-refractivity contribution in [1.82, 2.24) is 9.80 Å². The van der Waals surface area contributed by atoms with Crippen LogP contribution in [-0.2, 0) is 30.3 Å². The second kappa shape index (κ2) is 13.3. The Morgan fingerprint density at radius 1 is 0.844 bits per heavy atom. The second-order valence-electron chi connectivity index (χ2n) is 12.9. The van der Waals surface area contributed by atoms with E-state index in [0.29, 0.717) is 6.42 Å². The van der Waals surface area contributed by atoms with Crippen LogP contribution >= 0.6 is 0 Å². The normalized spacial score (nSPS) is 22.9. The number of ether oxygens (including phenoxy) is 4. The van der Waals surface area contributed by atoms with Gasteiger partial charge >= 0.3 is 18.2 Å². The van der Waals surface area contributed by atoms with Gasteiger partial charge in [-0.3, -0.25) is 9.80 Å². The van der Waals surface area contributed by atoms with E-state index in [9.17, 15) is 14.4 Å². The lowest BCUT2D eigenvalue weighted by Gasteiger charge is -2.45. The van der Waals surface area contributed by atoms with Gasteiger partial charge in [0.15, 0.2) is 6.10 Å². The summed E-state index contributed by atoms with van der Waals surface area (Å²) in [5.41, 5.74) is 0.783. The zero-order valence-corrected chi connectivity index (χ0v) is 26.6. The fourth-order valence-electron chi connectivity index (χ4n) is 5.93. The van der Waals surface area contributed by atoms with Crippen LogP contribution in [0.3, 0.4) is 0 Å². The molecule has 2 fully saturated rings. The van der Waals surface area contributed by atoms with Crippen LogP contribution in [0.4, 0.5) is 9.59 Å². The smallest absolute Gasteiger partial charge is 0.412 e. The summed E-state index contributed by atoms with van der Waals surface area (Å²) in [6, 6.07) is 26.9. The first-order valence-electron chi connectivity index (χ1n) is 15.4. The number of cyclic esters (lactones) is 1. The van der Waals surface area contributed by atoms with E-state index < -0.39 is 47.7 Å². The number of carbonyl (C=O) groups is 3. The second-order valence-corrected chi connectivity index (χ2v) is 12.9. The molecule has 0 radical (unpaired) electrons. The van der Waals surface area contributed by atoms with Gasteiger partial charge < -0.3 is 18.9 Å². The molecule has 0 aliphatic carbocycles. The van der Waals surface area contributed by atoms with Gasteiger partial charge in [0.05, 0.1) is 12.6 Å². The Balaban J connectivity index is 1.37. The lowest BCUT2D eigenvalue weighted by atomic mass is 9.90. The third-order valence-corrected chi connectivity index (χ3v) is 7.99. The first-order chi connectivity index (χ1) is 21.4. The molecule has 2 aliphatic rings. The fourth-order valence-corrected chi connectivity index (χ4v) is 5.93. The van der Waals surface area contributed by atoms with Gasteiger partial charge in [0.2, 0.25) is 0 Å². The van der Waals surface area contributed by atoms with Crippen molar-refractivity contribution in [2.45, 2.75) is 89.7 Å². The maximum atomic E-state index is 14.0. The van der Waals surface area contributed by atoms with Gasteiger partial charge in [-0.05, 0) is 64.2 Å². The van der Waals surface area contributed by atoms with Crippen molar-refractivity contribution >= 4 is 18.2 Å². The van der Waals surface area contributed by atoms with Crippen LogP contribution in [-0.4, -0.2) is 58.0 Å². The molecule has 2 saturated heterocycles. The SMILES string of the molecule is CC(C)(C)OC(=O)N1[C@@H](CC[C@@H]2CN(C(=O)OCc3ccccc3)C(C)(C)O2)C(=O)O[C@H](c2ccccc2)[C@@H]1c1ccccc1. The molecule has 0 bridgehead atoms. The summed E-state index contributed by atoms with van der Waals surface area (Å²) in [7, 11) is 0. The molecule has 0 spiro atoms. The Hall–Kier alpha value is -4.37. The van der Waals surface area contributed by atoms with E-state index in [4.69, 9.17) is 18.9 Å². The Labute approximate surface area is 265 Å². The van der Waals surface area contributed by atoms with Crippen molar-refractivity contribution in [3.05, 3.63) is 108 Å². The van der Waals surface area contributed by atoms with E-state index in [-0.39, 0.29) is 25.7 Å². The molecule has 0 N–H and O–H groups in total. The molecule has 9 nitrogen and oxygen atoms in total. The molecule has 0 aromatic heterocycles. The van der Waals surface area contributed by atoms with Crippen LogP contribution in [0.25, 0.3) is 0 Å². The van der Waals surface area contributed by atoms with Crippen molar-refractivity contribution in [3.63, 3.8) is 0 Å². The highest BCUT2D eigenvalue weighted by atomic mass is 16.6. The minimum atomic E-state index is -0.934. The molecule has 2 amide bonds. The molecular weight excluding hydrogens is 572 g/mol. The lowest BCUT2D eigenvalue weighted by Crippen LogP contribution is -2.55. The van der Waals surface area contributed by atoms with Crippen molar-refractivity contribution in [2.75, 3.05) is 6.54 Å². The molecular formula is C36H42N2O7. The molecule has 9 heteroatoms. The predicted octanol–water partition coefficient (Wildman–Crippen LogP) is 7.19. The number of hydrogen-bond acceptors (Lipinski definition) is 7. The highest BCUT2D eigenvalue weighted by Crippen LogP contribution is 2.44. The zero-order chi connectivity index (χ0) is 32.2. The average Bonchev–Trinajstić information content (AvgIpc) is 3.33. The third-order valence-electron chi connectivity index (χ3n) is 7.99. The predicted molar refractivity (Wildman–Crippen MR) is 168 cm³/mol. The number of rotatable bonds is 7. The number of benzene rings is 3. The molecule has 0 saturated carbocycles. The first kappa shape index (κ1) is 32.0. The Morgan fingerprint density at radius 2 is 1.42 bits per heavy atom. The van der Waals surface area contributed by atoms with E-state index in [1.54, 1.807) is 25.7 Å². The highest BCUT2D eigenvalue weighted by Gasteiger charge is 2.50. The summed E-state index contributed by atoms with van der Waals surface area (Å²) in [6.07, 6.45) is -1.56. The van der Waals surface area contributed by atoms with Crippen molar-refractivity contribution in [2.24, 2.45) is 0 Å². The number of amides is 2. The zero-order valence-electron chi connectivity index (χ0n) is 26.6. The van der Waals surface area contributed by atoms with Crippen LogP contribution in [0, 0.1) is 0 Å². The van der Waals surface area contributed by atoms with Gasteiger partial charge in [0, 0.05) is 0 Å². The average molecular weight is 615 g/mol. The molecule has 45 heavy (non-hydrogen) atoms. The molecule has 238 valence electrons. The van der Waals surface area contributed by atoms with E-state index in [1.165, 1.54) is 4.90 Å². The number of nitrogens with zero attached hydrogens (tertiary/aromatic N) is 2. The lowest BCUT2D eigenvalue weighted by molar-refractivity contribution is -0.175. The van der Waals surface area contributed by atoms with Crippen LogP contribution in [0.5, 0.6) is 0 Å². The molecule has 2 aliphatic heterocycles. The first-order valence-corrected chi connectivity index (χ1v) is 15.4. The monoisotopic (exact) mass is 614 g/mol. The highest BCUT2D eigenvalue weighted by molar-refractivity contribution is 5.83. The standard InChI is InChI=1S/C36H42N2O7/c1-35(2,3)45-34(41)38-29(32(39)43-31(27-19-13-8-14-20-27)30(38)26-17-11-7-12-18-26)22-21-28-23-37(36(4,5)44-28)33(40)42-24-25-15-9-6-10-16-25/h6-20,28-31H,21-24H2,1-5H3/t28-,29+,30+,31-/m1/s1. The van der Waals surface area contributed by atoms with Crippen molar-refractivity contribution in [1.29, 1.82) is 0 Å². The Morgan fingerprint density at radius 3 is 2.02 bits per heavy atom. The minimum absolute atomic E-state index is 0.152. The van der Waals surface area contributed by atoms with Crippen molar-refractivity contribution < 1.29 is 33.3 Å². The summed E-state index contributed by atoms with van der Waals surface area (Å²) in [5, 5.41) is 0. The van der Waals surface area contributed by atoms with Crippen LogP contribution < -0.4 is 0 Å². The Bertz CT molecular complexity index is 1460. The molecule has 3 aromatic carbocycles. The van der Waals surface area contributed by atoms with Gasteiger partial charge in [0.1, 0.15) is 30.0 Å². The van der Waals surface area contributed by atoms with Gasteiger partial charge in [-0.15, -0.1) is 0 Å². The summed E-state index contributed by atoms with van der Waals surface area (Å²) in [5.74, 6) is -0.515. The minimum Gasteiger partial charge on any atom is -0.453 e. The van der Waals surface area contributed by atoms with Gasteiger partial charge in [-0.1, -0.05) is 91.0 Å².